The summed E-state index contributed by atoms with van der Waals surface area (Å²) in [5, 5.41) is 12.6. The standard InChI is InChI=1S/C35H29NO4/c37-35(38)40-34-31(20-10-22-39-32-21-8-15-25-13-4-7-17-28(25)32)30-19-9-18-29(33(30)36-34)27-16-6-5-14-26(27)23-24-11-2-1-3-12-24/h1-9,11-19,21,36H,10,20,22-23H2,(H,37,38). The lowest BCUT2D eigenvalue weighted by Gasteiger charge is -2.11. The molecule has 0 bridgehead atoms. The van der Waals surface area contributed by atoms with Crippen LogP contribution in [0, 0.1) is 0 Å². The van der Waals surface area contributed by atoms with E-state index in [9.17, 15) is 9.90 Å². The zero-order chi connectivity index (χ0) is 27.3. The van der Waals surface area contributed by atoms with Gasteiger partial charge in [-0.3, -0.25) is 0 Å². The third-order valence-electron chi connectivity index (χ3n) is 7.21. The van der Waals surface area contributed by atoms with E-state index in [0.29, 0.717) is 19.4 Å². The lowest BCUT2D eigenvalue weighted by atomic mass is 9.93. The molecule has 0 fully saturated rings. The topological polar surface area (TPSA) is 71.5 Å². The predicted octanol–water partition coefficient (Wildman–Crippen LogP) is 8.65. The van der Waals surface area contributed by atoms with Gasteiger partial charge in [-0.2, -0.15) is 0 Å². The van der Waals surface area contributed by atoms with Gasteiger partial charge >= 0.3 is 6.16 Å². The van der Waals surface area contributed by atoms with Crippen LogP contribution in [0.2, 0.25) is 0 Å². The number of para-hydroxylation sites is 1. The highest BCUT2D eigenvalue weighted by atomic mass is 16.7. The van der Waals surface area contributed by atoms with E-state index in [1.54, 1.807) is 0 Å². The molecule has 2 N–H and O–H groups in total. The van der Waals surface area contributed by atoms with E-state index < -0.39 is 6.16 Å². The summed E-state index contributed by atoms with van der Waals surface area (Å²) >= 11 is 0. The minimum absolute atomic E-state index is 0.264. The van der Waals surface area contributed by atoms with Crippen LogP contribution in [0.15, 0.2) is 115 Å². The summed E-state index contributed by atoms with van der Waals surface area (Å²) in [6.45, 7) is 0.493. The Bertz CT molecular complexity index is 1780. The second kappa shape index (κ2) is 11.4. The fourth-order valence-electron chi connectivity index (χ4n) is 5.40. The molecule has 0 unspecified atom stereocenters. The summed E-state index contributed by atoms with van der Waals surface area (Å²) in [7, 11) is 0. The van der Waals surface area contributed by atoms with Crippen molar-refractivity contribution in [1.82, 2.24) is 4.98 Å². The van der Waals surface area contributed by atoms with E-state index in [2.05, 4.69) is 71.7 Å². The van der Waals surface area contributed by atoms with E-state index >= 15 is 0 Å². The average Bonchev–Trinajstić information content (AvgIpc) is 3.32. The van der Waals surface area contributed by atoms with Gasteiger partial charge in [-0.05, 0) is 47.4 Å². The van der Waals surface area contributed by atoms with Gasteiger partial charge in [-0.1, -0.05) is 109 Å². The van der Waals surface area contributed by atoms with Gasteiger partial charge in [0.15, 0.2) is 0 Å². The molecule has 0 spiro atoms. The second-order valence-corrected chi connectivity index (χ2v) is 9.78. The molecule has 0 radical (unpaired) electrons. The molecule has 0 atom stereocenters. The SMILES string of the molecule is O=C(O)Oc1[nH]c2c(-c3ccccc3Cc3ccccc3)cccc2c1CCCOc1cccc2ccccc12. The Labute approximate surface area is 232 Å². The molecule has 0 aliphatic heterocycles. The maximum atomic E-state index is 11.6. The molecule has 1 heterocycles. The fourth-order valence-corrected chi connectivity index (χ4v) is 5.40. The van der Waals surface area contributed by atoms with Crippen LogP contribution in [-0.2, 0) is 12.8 Å². The number of aromatic amines is 1. The van der Waals surface area contributed by atoms with Gasteiger partial charge in [-0.25, -0.2) is 4.79 Å². The van der Waals surface area contributed by atoms with Gasteiger partial charge < -0.3 is 19.6 Å². The summed E-state index contributed by atoms with van der Waals surface area (Å²) in [6, 6.07) is 39.0. The lowest BCUT2D eigenvalue weighted by Crippen LogP contribution is -2.06. The van der Waals surface area contributed by atoms with Crippen molar-refractivity contribution in [3.63, 3.8) is 0 Å². The number of ether oxygens (including phenoxy) is 2. The Kier molecular flexibility index (Phi) is 7.18. The number of H-pyrrole nitrogens is 1. The van der Waals surface area contributed by atoms with Crippen molar-refractivity contribution in [2.75, 3.05) is 6.61 Å². The van der Waals surface area contributed by atoms with Crippen molar-refractivity contribution >= 4 is 27.8 Å². The van der Waals surface area contributed by atoms with Crippen LogP contribution >= 0.6 is 0 Å². The maximum absolute atomic E-state index is 11.6. The van der Waals surface area contributed by atoms with E-state index in [-0.39, 0.29) is 5.88 Å². The van der Waals surface area contributed by atoms with Crippen LogP contribution in [0.3, 0.4) is 0 Å². The van der Waals surface area contributed by atoms with Gasteiger partial charge in [0, 0.05) is 21.9 Å². The van der Waals surface area contributed by atoms with Gasteiger partial charge in [-0.15, -0.1) is 0 Å². The number of benzene rings is 5. The first-order valence-corrected chi connectivity index (χ1v) is 13.4. The molecule has 6 rings (SSSR count). The van der Waals surface area contributed by atoms with E-state index in [0.717, 1.165) is 50.5 Å². The highest BCUT2D eigenvalue weighted by Crippen LogP contribution is 2.37. The third kappa shape index (κ3) is 5.27. The summed E-state index contributed by atoms with van der Waals surface area (Å²) in [5.41, 5.74) is 6.24. The van der Waals surface area contributed by atoms with Crippen molar-refractivity contribution in [2.45, 2.75) is 19.3 Å². The Hall–Kier alpha value is -5.03. The van der Waals surface area contributed by atoms with Crippen molar-refractivity contribution in [1.29, 1.82) is 0 Å². The minimum Gasteiger partial charge on any atom is -0.493 e. The van der Waals surface area contributed by atoms with Gasteiger partial charge in [0.05, 0.1) is 12.1 Å². The van der Waals surface area contributed by atoms with Gasteiger partial charge in [0.1, 0.15) is 5.75 Å². The number of carbonyl (C=O) groups is 1. The van der Waals surface area contributed by atoms with E-state index in [1.807, 2.05) is 48.5 Å². The number of aromatic nitrogens is 1. The first-order chi connectivity index (χ1) is 19.7. The maximum Gasteiger partial charge on any atom is 0.512 e. The molecule has 40 heavy (non-hydrogen) atoms. The highest BCUT2D eigenvalue weighted by molar-refractivity contribution is 5.98. The Balaban J connectivity index is 1.30. The predicted molar refractivity (Wildman–Crippen MR) is 159 cm³/mol. The van der Waals surface area contributed by atoms with Crippen LogP contribution in [-0.4, -0.2) is 22.9 Å². The monoisotopic (exact) mass is 527 g/mol. The molecular weight excluding hydrogens is 498 g/mol. The van der Waals surface area contributed by atoms with Crippen molar-refractivity contribution in [2.24, 2.45) is 0 Å². The van der Waals surface area contributed by atoms with Crippen molar-refractivity contribution in [3.05, 3.63) is 132 Å². The van der Waals surface area contributed by atoms with E-state index in [4.69, 9.17) is 9.47 Å². The van der Waals surface area contributed by atoms with Crippen LogP contribution < -0.4 is 9.47 Å². The Morgan fingerprint density at radius 1 is 0.725 bits per heavy atom. The molecular formula is C35H29NO4. The molecule has 1 aromatic heterocycles. The molecule has 0 amide bonds. The number of aryl methyl sites for hydroxylation is 1. The Morgan fingerprint density at radius 3 is 2.30 bits per heavy atom. The summed E-state index contributed by atoms with van der Waals surface area (Å²) in [5.74, 6) is 1.11. The number of fused-ring (bicyclic) bond motifs is 2. The quantitative estimate of drug-likeness (QED) is 0.146. The largest absolute Gasteiger partial charge is 0.512 e. The smallest absolute Gasteiger partial charge is 0.493 e. The summed E-state index contributed by atoms with van der Waals surface area (Å²) < 4.78 is 11.4. The normalized spacial score (nSPS) is 11.1. The molecule has 5 heteroatoms. The number of hydrogen-bond donors (Lipinski definition) is 2. The molecule has 0 aliphatic carbocycles. The zero-order valence-corrected chi connectivity index (χ0v) is 22.0. The summed E-state index contributed by atoms with van der Waals surface area (Å²) in [4.78, 5) is 14.9. The third-order valence-corrected chi connectivity index (χ3v) is 7.21. The van der Waals surface area contributed by atoms with Crippen molar-refractivity contribution < 1.29 is 19.4 Å². The molecule has 5 nitrogen and oxygen atoms in total. The first-order valence-electron chi connectivity index (χ1n) is 13.4. The van der Waals surface area contributed by atoms with Crippen LogP contribution in [0.4, 0.5) is 4.79 Å². The number of carboxylic acid groups (broad SMARTS) is 1. The van der Waals surface area contributed by atoms with E-state index in [1.165, 1.54) is 11.1 Å². The number of rotatable bonds is 9. The first kappa shape index (κ1) is 25.3. The van der Waals surface area contributed by atoms with Crippen molar-refractivity contribution in [3.8, 4) is 22.8 Å². The second-order valence-electron chi connectivity index (χ2n) is 9.78. The minimum atomic E-state index is -1.34. The van der Waals surface area contributed by atoms with Crippen LogP contribution in [0.25, 0.3) is 32.8 Å². The zero-order valence-electron chi connectivity index (χ0n) is 22.0. The van der Waals surface area contributed by atoms with Crippen LogP contribution in [0.1, 0.15) is 23.1 Å². The molecule has 0 saturated heterocycles. The van der Waals surface area contributed by atoms with Gasteiger partial charge in [0.2, 0.25) is 5.88 Å². The van der Waals surface area contributed by atoms with Crippen LogP contribution in [0.5, 0.6) is 11.6 Å². The molecule has 5 aromatic carbocycles. The number of nitrogens with one attached hydrogen (secondary N) is 1. The lowest BCUT2D eigenvalue weighted by molar-refractivity contribution is 0.142. The molecule has 198 valence electrons. The Morgan fingerprint density at radius 2 is 1.43 bits per heavy atom. The highest BCUT2D eigenvalue weighted by Gasteiger charge is 2.19. The number of hydrogen-bond acceptors (Lipinski definition) is 3. The fraction of sp³-hybridized carbons (Fsp3) is 0.114. The van der Waals surface area contributed by atoms with Gasteiger partial charge in [0.25, 0.3) is 0 Å². The molecule has 6 aromatic rings. The average molecular weight is 528 g/mol. The molecule has 0 saturated carbocycles. The molecule has 0 aliphatic rings. The summed E-state index contributed by atoms with van der Waals surface area (Å²) in [6.07, 6.45) is 0.750.